The lowest BCUT2D eigenvalue weighted by Gasteiger charge is -2.22. The normalized spacial score (nSPS) is 17.1. The van der Waals surface area contributed by atoms with E-state index >= 15 is 0 Å². The molecule has 1 aliphatic rings. The highest BCUT2D eigenvalue weighted by molar-refractivity contribution is 7.89. The SMILES string of the molecule is Cc1cc(S(=O)(=O)NC2CCCCC2)ccc1C(N)=S. The van der Waals surface area contributed by atoms with Crippen LogP contribution in [0.4, 0.5) is 0 Å². The molecule has 2 rings (SSSR count). The lowest BCUT2D eigenvalue weighted by molar-refractivity contribution is 0.412. The van der Waals surface area contributed by atoms with Crippen LogP contribution >= 0.6 is 12.2 Å². The van der Waals surface area contributed by atoms with E-state index in [1.54, 1.807) is 18.2 Å². The van der Waals surface area contributed by atoms with Crippen LogP contribution in [0.25, 0.3) is 0 Å². The molecule has 0 bridgehead atoms. The highest BCUT2D eigenvalue weighted by Crippen LogP contribution is 2.21. The summed E-state index contributed by atoms with van der Waals surface area (Å²) in [6.45, 7) is 1.81. The molecule has 0 radical (unpaired) electrons. The fraction of sp³-hybridized carbons (Fsp3) is 0.500. The molecule has 6 heteroatoms. The molecular formula is C14H20N2O2S2. The maximum Gasteiger partial charge on any atom is 0.240 e. The third-order valence-corrected chi connectivity index (χ3v) is 5.44. The van der Waals surface area contributed by atoms with Gasteiger partial charge in [0.25, 0.3) is 0 Å². The molecule has 1 fully saturated rings. The number of nitrogens with one attached hydrogen (secondary N) is 1. The molecule has 0 amide bonds. The van der Waals surface area contributed by atoms with Crippen molar-refractivity contribution in [2.45, 2.75) is 50.0 Å². The Bertz CT molecular complexity index is 606. The van der Waals surface area contributed by atoms with Crippen LogP contribution in [0.1, 0.15) is 43.2 Å². The van der Waals surface area contributed by atoms with Gasteiger partial charge in [0.2, 0.25) is 10.0 Å². The van der Waals surface area contributed by atoms with Gasteiger partial charge in [-0.25, -0.2) is 13.1 Å². The van der Waals surface area contributed by atoms with Crippen molar-refractivity contribution in [3.63, 3.8) is 0 Å². The molecule has 1 aliphatic carbocycles. The van der Waals surface area contributed by atoms with Crippen LogP contribution in [-0.4, -0.2) is 19.4 Å². The summed E-state index contributed by atoms with van der Waals surface area (Å²) >= 11 is 4.93. The average Bonchev–Trinajstić information content (AvgIpc) is 2.38. The summed E-state index contributed by atoms with van der Waals surface area (Å²) in [6, 6.07) is 4.92. The summed E-state index contributed by atoms with van der Waals surface area (Å²) in [5.41, 5.74) is 7.09. The first-order valence-corrected chi connectivity index (χ1v) is 8.72. The second kappa shape index (κ2) is 6.20. The van der Waals surface area contributed by atoms with Crippen LogP contribution in [0.15, 0.2) is 23.1 Å². The van der Waals surface area contributed by atoms with Crippen LogP contribution in [0.2, 0.25) is 0 Å². The third kappa shape index (κ3) is 3.56. The molecule has 0 saturated heterocycles. The summed E-state index contributed by atoms with van der Waals surface area (Å²) in [6.07, 6.45) is 5.21. The number of nitrogens with two attached hydrogens (primary N) is 1. The number of thiocarbonyl (C=S) groups is 1. The standard InChI is InChI=1S/C14H20N2O2S2/c1-10-9-12(7-8-13(10)14(15)19)20(17,18)16-11-5-3-2-4-6-11/h7-9,11,16H,2-6H2,1H3,(H2,15,19). The van der Waals surface area contributed by atoms with Crippen molar-refractivity contribution >= 4 is 27.2 Å². The predicted octanol–water partition coefficient (Wildman–Crippen LogP) is 2.24. The van der Waals surface area contributed by atoms with Gasteiger partial charge in [-0.15, -0.1) is 0 Å². The Labute approximate surface area is 125 Å². The maximum absolute atomic E-state index is 12.4. The van der Waals surface area contributed by atoms with Crippen LogP contribution in [-0.2, 0) is 10.0 Å². The number of hydrogen-bond donors (Lipinski definition) is 2. The maximum atomic E-state index is 12.4. The molecule has 3 N–H and O–H groups in total. The van der Waals surface area contributed by atoms with Crippen molar-refractivity contribution in [1.82, 2.24) is 4.72 Å². The van der Waals surface area contributed by atoms with Gasteiger partial charge in [0.1, 0.15) is 4.99 Å². The summed E-state index contributed by atoms with van der Waals surface area (Å²) < 4.78 is 27.5. The minimum absolute atomic E-state index is 0.0596. The lowest BCUT2D eigenvalue weighted by atomic mass is 9.96. The van der Waals surface area contributed by atoms with E-state index in [0.717, 1.165) is 36.8 Å². The molecular weight excluding hydrogens is 292 g/mol. The van der Waals surface area contributed by atoms with Gasteiger partial charge in [-0.2, -0.15) is 0 Å². The summed E-state index contributed by atoms with van der Waals surface area (Å²) in [4.78, 5) is 0.562. The van der Waals surface area contributed by atoms with Crippen molar-refractivity contribution in [2.24, 2.45) is 5.73 Å². The summed E-state index contributed by atoms with van der Waals surface area (Å²) in [5, 5.41) is 0. The van der Waals surface area contributed by atoms with Gasteiger partial charge in [0, 0.05) is 11.6 Å². The smallest absolute Gasteiger partial charge is 0.240 e. The molecule has 110 valence electrons. The summed E-state index contributed by atoms with van der Waals surface area (Å²) in [7, 11) is -3.46. The van der Waals surface area contributed by atoms with E-state index in [-0.39, 0.29) is 15.9 Å². The molecule has 0 aromatic heterocycles. The van der Waals surface area contributed by atoms with Gasteiger partial charge in [-0.05, 0) is 37.5 Å². The minimum Gasteiger partial charge on any atom is -0.389 e. The largest absolute Gasteiger partial charge is 0.389 e. The zero-order chi connectivity index (χ0) is 14.8. The second-order valence-corrected chi connectivity index (χ2v) is 7.45. The average molecular weight is 312 g/mol. The molecule has 0 spiro atoms. The number of hydrogen-bond acceptors (Lipinski definition) is 3. The minimum atomic E-state index is -3.46. The quantitative estimate of drug-likeness (QED) is 0.836. The summed E-state index contributed by atoms with van der Waals surface area (Å²) in [5.74, 6) is 0. The molecule has 1 aromatic carbocycles. The van der Waals surface area contributed by atoms with Crippen molar-refractivity contribution in [1.29, 1.82) is 0 Å². The van der Waals surface area contributed by atoms with E-state index in [2.05, 4.69) is 4.72 Å². The molecule has 20 heavy (non-hydrogen) atoms. The van der Waals surface area contributed by atoms with Gasteiger partial charge in [0.05, 0.1) is 4.90 Å². The fourth-order valence-electron chi connectivity index (χ4n) is 2.59. The Balaban J connectivity index is 2.20. The Morgan fingerprint density at radius 1 is 1.30 bits per heavy atom. The van der Waals surface area contributed by atoms with E-state index in [9.17, 15) is 8.42 Å². The molecule has 0 heterocycles. The molecule has 1 saturated carbocycles. The topological polar surface area (TPSA) is 72.2 Å². The molecule has 0 atom stereocenters. The molecule has 0 aliphatic heterocycles. The Kier molecular flexibility index (Phi) is 4.78. The highest BCUT2D eigenvalue weighted by Gasteiger charge is 2.22. The molecule has 0 unspecified atom stereocenters. The first-order valence-electron chi connectivity index (χ1n) is 6.83. The number of benzene rings is 1. The van der Waals surface area contributed by atoms with Crippen molar-refractivity contribution in [3.05, 3.63) is 29.3 Å². The van der Waals surface area contributed by atoms with E-state index in [1.807, 2.05) is 6.92 Å². The highest BCUT2D eigenvalue weighted by atomic mass is 32.2. The van der Waals surface area contributed by atoms with Crippen LogP contribution in [0, 0.1) is 6.92 Å². The zero-order valence-electron chi connectivity index (χ0n) is 11.6. The zero-order valence-corrected chi connectivity index (χ0v) is 13.2. The van der Waals surface area contributed by atoms with Gasteiger partial charge in [0.15, 0.2) is 0 Å². The van der Waals surface area contributed by atoms with Crippen molar-refractivity contribution in [3.8, 4) is 0 Å². The Morgan fingerprint density at radius 2 is 1.95 bits per heavy atom. The van der Waals surface area contributed by atoms with E-state index in [4.69, 9.17) is 18.0 Å². The van der Waals surface area contributed by atoms with Gasteiger partial charge < -0.3 is 5.73 Å². The first-order chi connectivity index (χ1) is 9.40. The van der Waals surface area contributed by atoms with Gasteiger partial charge in [-0.3, -0.25) is 0 Å². The van der Waals surface area contributed by atoms with E-state index in [1.165, 1.54) is 6.42 Å². The van der Waals surface area contributed by atoms with Crippen LogP contribution in [0.3, 0.4) is 0 Å². The van der Waals surface area contributed by atoms with Gasteiger partial charge in [-0.1, -0.05) is 37.5 Å². The lowest BCUT2D eigenvalue weighted by Crippen LogP contribution is -2.36. The van der Waals surface area contributed by atoms with E-state index in [0.29, 0.717) is 0 Å². The van der Waals surface area contributed by atoms with Crippen molar-refractivity contribution < 1.29 is 8.42 Å². The number of aryl methyl sites for hydroxylation is 1. The fourth-order valence-corrected chi connectivity index (χ4v) is 4.21. The van der Waals surface area contributed by atoms with Crippen molar-refractivity contribution in [2.75, 3.05) is 0 Å². The molecule has 1 aromatic rings. The third-order valence-electron chi connectivity index (χ3n) is 3.70. The number of sulfonamides is 1. The monoisotopic (exact) mass is 312 g/mol. The first kappa shape index (κ1) is 15.4. The molecule has 4 nitrogen and oxygen atoms in total. The van der Waals surface area contributed by atoms with Crippen LogP contribution in [0.5, 0.6) is 0 Å². The van der Waals surface area contributed by atoms with E-state index < -0.39 is 10.0 Å². The number of rotatable bonds is 4. The predicted molar refractivity (Wildman–Crippen MR) is 84.3 cm³/mol. The second-order valence-electron chi connectivity index (χ2n) is 5.30. The van der Waals surface area contributed by atoms with Gasteiger partial charge >= 0.3 is 0 Å². The Hall–Kier alpha value is -0.980. The van der Waals surface area contributed by atoms with Crippen LogP contribution < -0.4 is 10.5 Å². The Morgan fingerprint density at radius 3 is 2.50 bits per heavy atom.